The van der Waals surface area contributed by atoms with Crippen LogP contribution in [0.15, 0.2) is 24.3 Å². The average molecular weight is 217 g/mol. The number of rotatable bonds is 2. The molecule has 0 N–H and O–H groups in total. The van der Waals surface area contributed by atoms with E-state index in [4.69, 9.17) is 0 Å². The number of hydrogen-bond donors (Lipinski definition) is 0. The normalized spacial score (nSPS) is 32.9. The van der Waals surface area contributed by atoms with Gasteiger partial charge in [-0.3, -0.25) is 4.90 Å². The van der Waals surface area contributed by atoms with Gasteiger partial charge in [-0.15, -0.1) is 0 Å². The molecule has 2 heteroatoms. The fraction of sp³-hybridized carbons (Fsp3) is 0.571. The lowest BCUT2D eigenvalue weighted by Gasteiger charge is -2.50. The zero-order valence-electron chi connectivity index (χ0n) is 10.2. The summed E-state index contributed by atoms with van der Waals surface area (Å²) in [7, 11) is 0. The highest BCUT2D eigenvalue weighted by atomic mass is 15.4. The molecule has 0 aliphatic carbocycles. The van der Waals surface area contributed by atoms with Crippen LogP contribution in [0.4, 0.5) is 0 Å². The van der Waals surface area contributed by atoms with Gasteiger partial charge in [0.1, 0.15) is 6.54 Å². The monoisotopic (exact) mass is 217 g/mol. The van der Waals surface area contributed by atoms with Gasteiger partial charge in [0.15, 0.2) is 0 Å². The Hall–Kier alpha value is -0.860. The van der Waals surface area contributed by atoms with Crippen molar-refractivity contribution in [2.24, 2.45) is 0 Å². The van der Waals surface area contributed by atoms with Gasteiger partial charge in [-0.05, 0) is 6.92 Å². The third-order valence-corrected chi connectivity index (χ3v) is 4.31. The summed E-state index contributed by atoms with van der Waals surface area (Å²) in [6.07, 6.45) is 0. The van der Waals surface area contributed by atoms with E-state index >= 15 is 0 Å². The van der Waals surface area contributed by atoms with Crippen molar-refractivity contribution in [3.63, 3.8) is 0 Å². The average Bonchev–Trinajstić information content (AvgIpc) is 2.34. The molecule has 3 aliphatic heterocycles. The number of benzene rings is 1. The molecule has 16 heavy (non-hydrogen) atoms. The largest absolute Gasteiger partial charge is 0.317 e. The quantitative estimate of drug-likeness (QED) is 0.681. The van der Waals surface area contributed by atoms with Crippen molar-refractivity contribution < 1.29 is 4.48 Å². The van der Waals surface area contributed by atoms with Crippen LogP contribution in [-0.4, -0.2) is 48.7 Å². The highest BCUT2D eigenvalue weighted by Gasteiger charge is 2.38. The molecule has 4 rings (SSSR count). The Labute approximate surface area is 98.1 Å². The highest BCUT2D eigenvalue weighted by molar-refractivity contribution is 5.20. The van der Waals surface area contributed by atoms with Gasteiger partial charge in [-0.1, -0.05) is 29.8 Å². The Bertz CT molecular complexity index is 347. The lowest BCUT2D eigenvalue weighted by Crippen LogP contribution is -2.66. The first-order chi connectivity index (χ1) is 7.76. The van der Waals surface area contributed by atoms with Crippen LogP contribution < -0.4 is 0 Å². The summed E-state index contributed by atoms with van der Waals surface area (Å²) in [6, 6.07) is 9.11. The number of piperazine rings is 3. The molecule has 3 aliphatic rings. The van der Waals surface area contributed by atoms with Crippen LogP contribution in [0.1, 0.15) is 11.1 Å². The summed E-state index contributed by atoms with van der Waals surface area (Å²) >= 11 is 0. The minimum absolute atomic E-state index is 1.24. The maximum atomic E-state index is 2.61. The van der Waals surface area contributed by atoms with Gasteiger partial charge in [0.05, 0.1) is 19.6 Å². The van der Waals surface area contributed by atoms with Gasteiger partial charge in [-0.2, -0.15) is 0 Å². The van der Waals surface area contributed by atoms with Crippen LogP contribution in [0.5, 0.6) is 0 Å². The third-order valence-electron chi connectivity index (χ3n) is 4.31. The van der Waals surface area contributed by atoms with E-state index in [1.165, 1.54) is 61.4 Å². The zero-order chi connectivity index (χ0) is 11.0. The van der Waals surface area contributed by atoms with Gasteiger partial charge in [0, 0.05) is 25.2 Å². The van der Waals surface area contributed by atoms with Crippen molar-refractivity contribution in [2.75, 3.05) is 39.3 Å². The molecule has 0 radical (unpaired) electrons. The van der Waals surface area contributed by atoms with Gasteiger partial charge in [0.25, 0.3) is 0 Å². The molecule has 0 saturated carbocycles. The second-order valence-electron chi connectivity index (χ2n) is 5.50. The van der Waals surface area contributed by atoms with Crippen molar-refractivity contribution in [3.8, 4) is 0 Å². The summed E-state index contributed by atoms with van der Waals surface area (Å²) in [5.74, 6) is 0. The first kappa shape index (κ1) is 10.3. The maximum Gasteiger partial charge on any atom is 0.104 e. The Kier molecular flexibility index (Phi) is 2.49. The summed E-state index contributed by atoms with van der Waals surface area (Å²) in [5.41, 5.74) is 2.88. The van der Waals surface area contributed by atoms with Crippen molar-refractivity contribution in [3.05, 3.63) is 35.4 Å². The summed E-state index contributed by atoms with van der Waals surface area (Å²) in [4.78, 5) is 2.61. The van der Waals surface area contributed by atoms with Gasteiger partial charge < -0.3 is 4.48 Å². The molecule has 0 atom stereocenters. The van der Waals surface area contributed by atoms with Crippen LogP contribution in [0.2, 0.25) is 0 Å². The van der Waals surface area contributed by atoms with E-state index in [0.29, 0.717) is 0 Å². The third kappa shape index (κ3) is 1.87. The van der Waals surface area contributed by atoms with E-state index < -0.39 is 0 Å². The second-order valence-corrected chi connectivity index (χ2v) is 5.50. The van der Waals surface area contributed by atoms with Crippen LogP contribution >= 0.6 is 0 Å². The molecule has 3 heterocycles. The fourth-order valence-corrected chi connectivity index (χ4v) is 3.05. The molecule has 0 unspecified atom stereocenters. The number of fused-ring (bicyclic) bond motifs is 3. The van der Waals surface area contributed by atoms with Gasteiger partial charge >= 0.3 is 0 Å². The fourth-order valence-electron chi connectivity index (χ4n) is 3.05. The molecule has 1 aromatic carbocycles. The number of nitrogens with zero attached hydrogens (tertiary/aromatic N) is 2. The summed E-state index contributed by atoms with van der Waals surface area (Å²) < 4.78 is 1.33. The predicted octanol–water partition coefficient (Wildman–Crippen LogP) is 1.64. The minimum atomic E-state index is 1.24. The second kappa shape index (κ2) is 3.86. The number of hydrogen-bond acceptors (Lipinski definition) is 1. The van der Waals surface area contributed by atoms with E-state index in [0.717, 1.165) is 0 Å². The first-order valence-electron chi connectivity index (χ1n) is 6.39. The molecule has 2 bridgehead atoms. The van der Waals surface area contributed by atoms with Crippen molar-refractivity contribution in [1.82, 2.24) is 4.90 Å². The SMILES string of the molecule is Cc1ccc(C[N+]23CCN(CC2)CC3)cc1. The van der Waals surface area contributed by atoms with Crippen LogP contribution in [0, 0.1) is 6.92 Å². The number of aryl methyl sites for hydroxylation is 1. The number of quaternary nitrogens is 1. The molecule has 3 saturated heterocycles. The van der Waals surface area contributed by atoms with E-state index in [2.05, 4.69) is 36.1 Å². The zero-order valence-corrected chi connectivity index (χ0v) is 10.2. The topological polar surface area (TPSA) is 3.24 Å². The van der Waals surface area contributed by atoms with Gasteiger partial charge in [0.2, 0.25) is 0 Å². The van der Waals surface area contributed by atoms with Crippen molar-refractivity contribution >= 4 is 0 Å². The lowest BCUT2D eigenvalue weighted by atomic mass is 10.1. The molecular weight excluding hydrogens is 196 g/mol. The lowest BCUT2D eigenvalue weighted by molar-refractivity contribution is -0.953. The molecule has 0 spiro atoms. The van der Waals surface area contributed by atoms with E-state index in [1.54, 1.807) is 0 Å². The molecule has 1 aromatic rings. The molecule has 0 aromatic heterocycles. The molecular formula is C14H21N2+. The first-order valence-corrected chi connectivity index (χ1v) is 6.39. The summed E-state index contributed by atoms with van der Waals surface area (Å²) in [5, 5.41) is 0. The smallest absolute Gasteiger partial charge is 0.104 e. The molecule has 2 nitrogen and oxygen atoms in total. The Morgan fingerprint density at radius 2 is 1.56 bits per heavy atom. The summed E-state index contributed by atoms with van der Waals surface area (Å²) in [6.45, 7) is 11.4. The Balaban J connectivity index is 1.75. The molecule has 0 amide bonds. The van der Waals surface area contributed by atoms with E-state index in [9.17, 15) is 0 Å². The van der Waals surface area contributed by atoms with Crippen LogP contribution in [0.3, 0.4) is 0 Å². The van der Waals surface area contributed by atoms with Gasteiger partial charge in [-0.25, -0.2) is 0 Å². The Morgan fingerprint density at radius 1 is 1.00 bits per heavy atom. The molecule has 86 valence electrons. The minimum Gasteiger partial charge on any atom is -0.317 e. The standard InChI is InChI=1S/C14H21N2/c1-13-2-4-14(5-3-13)12-16-9-6-15(7-10-16)8-11-16/h2-5H,6-12H2,1H3/q+1. The Morgan fingerprint density at radius 3 is 2.12 bits per heavy atom. The van der Waals surface area contributed by atoms with Crippen LogP contribution in [0.25, 0.3) is 0 Å². The molecule has 3 fully saturated rings. The maximum absolute atomic E-state index is 2.61. The van der Waals surface area contributed by atoms with E-state index in [-0.39, 0.29) is 0 Å². The van der Waals surface area contributed by atoms with Crippen molar-refractivity contribution in [2.45, 2.75) is 13.5 Å². The predicted molar refractivity (Wildman–Crippen MR) is 66.2 cm³/mol. The highest BCUT2D eigenvalue weighted by Crippen LogP contribution is 2.23. The van der Waals surface area contributed by atoms with Crippen molar-refractivity contribution in [1.29, 1.82) is 0 Å². The van der Waals surface area contributed by atoms with E-state index in [1.807, 2.05) is 0 Å². The van der Waals surface area contributed by atoms with Crippen LogP contribution in [-0.2, 0) is 6.54 Å².